The molecule has 0 fully saturated rings. The zero-order chi connectivity index (χ0) is 15.4. The molecule has 0 bridgehead atoms. The fourth-order valence-electron chi connectivity index (χ4n) is 2.46. The van der Waals surface area contributed by atoms with Gasteiger partial charge in [-0.3, -0.25) is 4.79 Å². The van der Waals surface area contributed by atoms with Gasteiger partial charge < -0.3 is 4.74 Å². The Bertz CT molecular complexity index is 418. The van der Waals surface area contributed by atoms with Crippen molar-refractivity contribution in [1.29, 1.82) is 0 Å². The Morgan fingerprint density at radius 2 is 1.60 bits per heavy atom. The Kier molecular flexibility index (Phi) is 5.38. The average Bonchev–Trinajstić information content (AvgIpc) is 2.32. The summed E-state index contributed by atoms with van der Waals surface area (Å²) in [7, 11) is 0. The van der Waals surface area contributed by atoms with Crippen molar-refractivity contribution in [2.45, 2.75) is 53.9 Å². The van der Waals surface area contributed by atoms with Gasteiger partial charge in [0.1, 0.15) is 12.4 Å². The summed E-state index contributed by atoms with van der Waals surface area (Å²) in [4.78, 5) is 10.3. The fourth-order valence-corrected chi connectivity index (χ4v) is 2.46. The highest BCUT2D eigenvalue weighted by Gasteiger charge is 2.30. The molecule has 0 N–H and O–H groups in total. The van der Waals surface area contributed by atoms with E-state index in [9.17, 15) is 4.79 Å². The van der Waals surface area contributed by atoms with Crippen molar-refractivity contribution in [3.63, 3.8) is 0 Å². The van der Waals surface area contributed by atoms with E-state index in [0.717, 1.165) is 18.5 Å². The highest BCUT2D eigenvalue weighted by atomic mass is 16.5. The Morgan fingerprint density at radius 1 is 1.05 bits per heavy atom. The van der Waals surface area contributed by atoms with E-state index in [0.29, 0.717) is 11.3 Å². The maximum atomic E-state index is 10.3. The molecule has 112 valence electrons. The lowest BCUT2D eigenvalue weighted by atomic mass is 9.69. The molecule has 0 radical (unpaired) electrons. The topological polar surface area (TPSA) is 26.3 Å². The summed E-state index contributed by atoms with van der Waals surface area (Å²) in [6.07, 6.45) is 1.91. The molecule has 0 saturated carbocycles. The summed E-state index contributed by atoms with van der Waals surface area (Å²) in [5.74, 6) is 1.26. The lowest BCUT2D eigenvalue weighted by molar-refractivity contribution is -0.109. The van der Waals surface area contributed by atoms with Gasteiger partial charge >= 0.3 is 0 Å². The Balaban J connectivity index is 2.94. The van der Waals surface area contributed by atoms with Crippen LogP contribution in [0.15, 0.2) is 24.3 Å². The van der Waals surface area contributed by atoms with Crippen LogP contribution in [-0.2, 0) is 4.79 Å². The van der Waals surface area contributed by atoms with Crippen molar-refractivity contribution in [3.8, 4) is 5.75 Å². The number of carbonyl (C=O) groups excluding carboxylic acids is 1. The van der Waals surface area contributed by atoms with Crippen LogP contribution in [0.1, 0.15) is 59.4 Å². The fraction of sp³-hybridized carbons (Fsp3) is 0.611. The smallest absolute Gasteiger partial charge is 0.157 e. The van der Waals surface area contributed by atoms with Crippen molar-refractivity contribution in [2.24, 2.45) is 10.8 Å². The van der Waals surface area contributed by atoms with Gasteiger partial charge in [0.2, 0.25) is 0 Å². The number of benzene rings is 1. The summed E-state index contributed by atoms with van der Waals surface area (Å²) in [5, 5.41) is 0. The van der Waals surface area contributed by atoms with E-state index in [1.165, 1.54) is 5.56 Å². The van der Waals surface area contributed by atoms with Crippen LogP contribution in [0.3, 0.4) is 0 Å². The first-order valence-corrected chi connectivity index (χ1v) is 7.30. The van der Waals surface area contributed by atoms with Crippen LogP contribution in [0.25, 0.3) is 0 Å². The molecule has 1 aromatic carbocycles. The average molecular weight is 276 g/mol. The number of hydrogen-bond acceptors (Lipinski definition) is 2. The zero-order valence-electron chi connectivity index (χ0n) is 13.7. The minimum Gasteiger partial charge on any atom is -0.486 e. The Morgan fingerprint density at radius 3 is 2.00 bits per heavy atom. The summed E-state index contributed by atoms with van der Waals surface area (Å²) in [6.45, 7) is 13.8. The van der Waals surface area contributed by atoms with Crippen LogP contribution in [0, 0.1) is 10.8 Å². The largest absolute Gasteiger partial charge is 0.486 e. The lowest BCUT2D eigenvalue weighted by Gasteiger charge is -2.36. The SMILES string of the molecule is CC(C)(C)CC(c1ccc(OCC=O)cc1)C(C)(C)C. The summed E-state index contributed by atoms with van der Waals surface area (Å²) < 4.78 is 5.31. The first-order chi connectivity index (χ1) is 9.13. The van der Waals surface area contributed by atoms with E-state index in [1.54, 1.807) is 0 Å². The summed E-state index contributed by atoms with van der Waals surface area (Å²) in [6, 6.07) is 8.17. The van der Waals surface area contributed by atoms with Crippen molar-refractivity contribution < 1.29 is 9.53 Å². The number of rotatable bonds is 5. The van der Waals surface area contributed by atoms with Crippen molar-refractivity contribution in [2.75, 3.05) is 6.61 Å². The first kappa shape index (κ1) is 16.7. The number of carbonyl (C=O) groups is 1. The van der Waals surface area contributed by atoms with Gasteiger partial charge in [-0.15, -0.1) is 0 Å². The van der Waals surface area contributed by atoms with Crippen LogP contribution in [0.5, 0.6) is 5.75 Å². The number of hydrogen-bond donors (Lipinski definition) is 0. The molecule has 0 spiro atoms. The van der Waals surface area contributed by atoms with Crippen molar-refractivity contribution in [3.05, 3.63) is 29.8 Å². The van der Waals surface area contributed by atoms with Gasteiger partial charge in [-0.1, -0.05) is 53.7 Å². The molecular formula is C18H28O2. The second-order valence-electron chi connectivity index (χ2n) is 7.73. The summed E-state index contributed by atoms with van der Waals surface area (Å²) >= 11 is 0. The van der Waals surface area contributed by atoms with E-state index in [-0.39, 0.29) is 12.0 Å². The minimum atomic E-state index is 0.115. The quantitative estimate of drug-likeness (QED) is 0.720. The van der Waals surface area contributed by atoms with Gasteiger partial charge in [0.25, 0.3) is 0 Å². The molecular weight excluding hydrogens is 248 g/mol. The monoisotopic (exact) mass is 276 g/mol. The second kappa shape index (κ2) is 6.43. The Labute approximate surface area is 123 Å². The third-order valence-corrected chi connectivity index (χ3v) is 3.46. The molecule has 0 saturated heterocycles. The predicted molar refractivity (Wildman–Crippen MR) is 84.3 cm³/mol. The lowest BCUT2D eigenvalue weighted by Crippen LogP contribution is -2.23. The van der Waals surface area contributed by atoms with E-state index >= 15 is 0 Å². The van der Waals surface area contributed by atoms with Gasteiger partial charge in [0, 0.05) is 0 Å². The molecule has 20 heavy (non-hydrogen) atoms. The predicted octanol–water partition coefficient (Wildman–Crippen LogP) is 4.83. The third-order valence-electron chi connectivity index (χ3n) is 3.46. The molecule has 0 aliphatic heterocycles. The Hall–Kier alpha value is -1.31. The number of ether oxygens (including phenoxy) is 1. The van der Waals surface area contributed by atoms with Crippen LogP contribution in [-0.4, -0.2) is 12.9 Å². The molecule has 1 unspecified atom stereocenters. The van der Waals surface area contributed by atoms with E-state index < -0.39 is 0 Å². The number of aldehydes is 1. The molecule has 1 aromatic rings. The highest BCUT2D eigenvalue weighted by molar-refractivity contribution is 5.51. The van der Waals surface area contributed by atoms with E-state index in [4.69, 9.17) is 4.74 Å². The zero-order valence-corrected chi connectivity index (χ0v) is 13.7. The highest BCUT2D eigenvalue weighted by Crippen LogP contribution is 2.43. The van der Waals surface area contributed by atoms with Gasteiger partial charge in [0.15, 0.2) is 6.29 Å². The molecule has 0 amide bonds. The standard InChI is InChI=1S/C18H28O2/c1-17(2,3)13-16(18(4,5)6)14-7-9-15(10-8-14)20-12-11-19/h7-11,16H,12-13H2,1-6H3. The van der Waals surface area contributed by atoms with Crippen LogP contribution in [0.4, 0.5) is 0 Å². The van der Waals surface area contributed by atoms with E-state index in [2.05, 4.69) is 53.7 Å². The van der Waals surface area contributed by atoms with Gasteiger partial charge in [-0.2, -0.15) is 0 Å². The van der Waals surface area contributed by atoms with Crippen LogP contribution in [0.2, 0.25) is 0 Å². The summed E-state index contributed by atoms with van der Waals surface area (Å²) in [5.41, 5.74) is 1.86. The minimum absolute atomic E-state index is 0.115. The molecule has 0 heterocycles. The molecule has 0 aromatic heterocycles. The van der Waals surface area contributed by atoms with Crippen LogP contribution < -0.4 is 4.74 Å². The molecule has 0 aliphatic carbocycles. The third kappa shape index (κ3) is 5.36. The first-order valence-electron chi connectivity index (χ1n) is 7.30. The maximum absolute atomic E-state index is 10.3. The van der Waals surface area contributed by atoms with Gasteiger partial charge in [-0.05, 0) is 40.9 Å². The van der Waals surface area contributed by atoms with E-state index in [1.807, 2.05) is 12.1 Å². The molecule has 2 nitrogen and oxygen atoms in total. The molecule has 0 aliphatic rings. The second-order valence-corrected chi connectivity index (χ2v) is 7.73. The molecule has 2 heteroatoms. The van der Waals surface area contributed by atoms with Gasteiger partial charge in [0.05, 0.1) is 0 Å². The van der Waals surface area contributed by atoms with Crippen LogP contribution >= 0.6 is 0 Å². The van der Waals surface area contributed by atoms with Crippen molar-refractivity contribution >= 4 is 6.29 Å². The normalized spacial score (nSPS) is 13.9. The van der Waals surface area contributed by atoms with Gasteiger partial charge in [-0.25, -0.2) is 0 Å². The van der Waals surface area contributed by atoms with Crippen molar-refractivity contribution in [1.82, 2.24) is 0 Å². The molecule has 1 rings (SSSR count). The molecule has 1 atom stereocenters. The maximum Gasteiger partial charge on any atom is 0.157 e.